The Morgan fingerprint density at radius 2 is 2.06 bits per heavy atom. The van der Waals surface area contributed by atoms with Gasteiger partial charge in [-0.15, -0.1) is 0 Å². The number of para-hydroxylation sites is 1. The average molecular weight is 471 g/mol. The van der Waals surface area contributed by atoms with Crippen molar-refractivity contribution in [1.82, 2.24) is 10.2 Å². The fourth-order valence-electron chi connectivity index (χ4n) is 6.31. The molecule has 0 aliphatic carbocycles. The molecular formula is C27H32F2N2O3. The van der Waals surface area contributed by atoms with Crippen molar-refractivity contribution < 1.29 is 23.0 Å². The number of hydrogen-bond acceptors (Lipinski definition) is 4. The van der Waals surface area contributed by atoms with E-state index in [1.807, 2.05) is 36.4 Å². The molecule has 2 fully saturated rings. The highest BCUT2D eigenvalue weighted by atomic mass is 19.3. The SMILES string of the molecule is COc1cccc2c1OCCC21CNCC1C(=O)N1CCC(c2ccccc2)CC1CC(F)F. The number of likely N-dealkylation sites (tertiary alicyclic amines) is 1. The molecule has 3 aliphatic heterocycles. The standard InChI is InChI=1S/C27H32F2N2O3/c1-33-23-9-5-8-21-25(23)34-13-11-27(21)17-30-16-22(27)26(32)31-12-10-19(14-20(31)15-24(28)29)18-6-3-2-4-7-18/h2-9,19-20,22,24,30H,10-17H2,1H3. The van der Waals surface area contributed by atoms with Crippen molar-refractivity contribution in [3.63, 3.8) is 0 Å². The summed E-state index contributed by atoms with van der Waals surface area (Å²) in [6.45, 7) is 2.20. The first-order valence-corrected chi connectivity index (χ1v) is 12.2. The summed E-state index contributed by atoms with van der Waals surface area (Å²) in [7, 11) is 1.61. The zero-order valence-electron chi connectivity index (χ0n) is 19.5. The first-order valence-electron chi connectivity index (χ1n) is 12.2. The summed E-state index contributed by atoms with van der Waals surface area (Å²) in [5.41, 5.74) is 1.72. The van der Waals surface area contributed by atoms with Crippen LogP contribution in [0.15, 0.2) is 48.5 Å². The van der Waals surface area contributed by atoms with Crippen LogP contribution in [0.3, 0.4) is 0 Å². The quantitative estimate of drug-likeness (QED) is 0.705. The van der Waals surface area contributed by atoms with Crippen LogP contribution < -0.4 is 14.8 Å². The number of alkyl halides is 2. The molecule has 0 aromatic heterocycles. The van der Waals surface area contributed by atoms with Gasteiger partial charge < -0.3 is 19.7 Å². The smallest absolute Gasteiger partial charge is 0.240 e. The number of benzene rings is 2. The summed E-state index contributed by atoms with van der Waals surface area (Å²) in [6, 6.07) is 15.4. The maximum absolute atomic E-state index is 14.0. The summed E-state index contributed by atoms with van der Waals surface area (Å²) in [5, 5.41) is 3.43. The number of methoxy groups -OCH3 is 1. The van der Waals surface area contributed by atoms with E-state index in [0.717, 1.165) is 12.0 Å². The van der Waals surface area contributed by atoms with Crippen LogP contribution in [0, 0.1) is 5.92 Å². The van der Waals surface area contributed by atoms with E-state index in [9.17, 15) is 13.6 Å². The van der Waals surface area contributed by atoms with Gasteiger partial charge in [0, 0.05) is 43.1 Å². The second-order valence-corrected chi connectivity index (χ2v) is 9.72. The van der Waals surface area contributed by atoms with E-state index in [1.54, 1.807) is 12.0 Å². The van der Waals surface area contributed by atoms with Crippen molar-refractivity contribution in [2.24, 2.45) is 5.92 Å². The van der Waals surface area contributed by atoms with Gasteiger partial charge in [-0.2, -0.15) is 0 Å². The molecule has 0 bridgehead atoms. The van der Waals surface area contributed by atoms with Gasteiger partial charge >= 0.3 is 0 Å². The van der Waals surface area contributed by atoms with Crippen LogP contribution in [-0.2, 0) is 10.2 Å². The Kier molecular flexibility index (Phi) is 6.47. The highest BCUT2D eigenvalue weighted by Gasteiger charge is 2.53. The number of carbonyl (C=O) groups excluding carboxylic acids is 1. The number of nitrogens with one attached hydrogen (secondary N) is 1. The lowest BCUT2D eigenvalue weighted by Gasteiger charge is -2.45. The Bertz CT molecular complexity index is 1020. The highest BCUT2D eigenvalue weighted by Crippen LogP contribution is 2.50. The molecule has 2 aromatic carbocycles. The Balaban J connectivity index is 1.43. The Hall–Kier alpha value is -2.67. The van der Waals surface area contributed by atoms with Crippen LogP contribution in [0.5, 0.6) is 11.5 Å². The predicted octanol–water partition coefficient (Wildman–Crippen LogP) is 4.36. The zero-order valence-corrected chi connectivity index (χ0v) is 19.5. The van der Waals surface area contributed by atoms with E-state index in [2.05, 4.69) is 17.4 Å². The van der Waals surface area contributed by atoms with Crippen molar-refractivity contribution in [1.29, 1.82) is 0 Å². The van der Waals surface area contributed by atoms with Gasteiger partial charge in [0.2, 0.25) is 12.3 Å². The lowest BCUT2D eigenvalue weighted by atomic mass is 9.68. The van der Waals surface area contributed by atoms with Crippen molar-refractivity contribution in [3.05, 3.63) is 59.7 Å². The van der Waals surface area contributed by atoms with E-state index in [-0.39, 0.29) is 24.2 Å². The second kappa shape index (κ2) is 9.53. The van der Waals surface area contributed by atoms with Crippen LogP contribution in [0.2, 0.25) is 0 Å². The van der Waals surface area contributed by atoms with Crippen molar-refractivity contribution in [2.75, 3.05) is 33.4 Å². The molecule has 0 radical (unpaired) electrons. The van der Waals surface area contributed by atoms with Gasteiger partial charge in [0.15, 0.2) is 11.5 Å². The summed E-state index contributed by atoms with van der Waals surface area (Å²) in [4.78, 5) is 15.8. The molecule has 3 aliphatic rings. The van der Waals surface area contributed by atoms with E-state index in [0.29, 0.717) is 50.6 Å². The number of amides is 1. The summed E-state index contributed by atoms with van der Waals surface area (Å²) in [5.74, 6) is 1.21. The van der Waals surface area contributed by atoms with Crippen LogP contribution >= 0.6 is 0 Å². The molecule has 4 atom stereocenters. The van der Waals surface area contributed by atoms with Gasteiger partial charge in [0.1, 0.15) is 0 Å². The zero-order chi connectivity index (χ0) is 23.7. The van der Waals surface area contributed by atoms with Crippen LogP contribution in [0.25, 0.3) is 0 Å². The summed E-state index contributed by atoms with van der Waals surface area (Å²) < 4.78 is 38.7. The first kappa shape index (κ1) is 23.1. The Labute approximate surface area is 199 Å². The number of nitrogens with zero attached hydrogens (tertiary/aromatic N) is 1. The number of hydrogen-bond donors (Lipinski definition) is 1. The third-order valence-electron chi connectivity index (χ3n) is 8.00. The monoisotopic (exact) mass is 470 g/mol. The maximum atomic E-state index is 14.0. The number of rotatable bonds is 5. The molecule has 0 saturated carbocycles. The lowest BCUT2D eigenvalue weighted by molar-refractivity contribution is -0.142. The van der Waals surface area contributed by atoms with Gasteiger partial charge in [-0.3, -0.25) is 4.79 Å². The number of halogens is 2. The van der Waals surface area contributed by atoms with Crippen LogP contribution in [-0.4, -0.2) is 56.6 Å². The van der Waals surface area contributed by atoms with Gasteiger partial charge in [-0.1, -0.05) is 42.5 Å². The number of carbonyl (C=O) groups is 1. The minimum Gasteiger partial charge on any atom is -0.493 e. The van der Waals surface area contributed by atoms with E-state index in [1.165, 1.54) is 5.56 Å². The molecule has 3 heterocycles. The molecule has 182 valence electrons. The van der Waals surface area contributed by atoms with E-state index >= 15 is 0 Å². The third-order valence-corrected chi connectivity index (χ3v) is 8.00. The van der Waals surface area contributed by atoms with Gasteiger partial charge in [0.05, 0.1) is 19.6 Å². The summed E-state index contributed by atoms with van der Waals surface area (Å²) >= 11 is 0. The molecule has 5 nitrogen and oxygen atoms in total. The molecule has 1 N–H and O–H groups in total. The number of fused-ring (bicyclic) bond motifs is 2. The average Bonchev–Trinajstić information content (AvgIpc) is 3.27. The van der Waals surface area contributed by atoms with Crippen molar-refractivity contribution >= 4 is 5.91 Å². The normalized spacial score (nSPS) is 28.6. The fraction of sp³-hybridized carbons (Fsp3) is 0.519. The minimum absolute atomic E-state index is 0.0159. The molecular weight excluding hydrogens is 438 g/mol. The number of ether oxygens (including phenoxy) is 2. The molecule has 7 heteroatoms. The lowest BCUT2D eigenvalue weighted by Crippen LogP contribution is -2.53. The third kappa shape index (κ3) is 4.04. The molecule has 1 spiro atoms. The van der Waals surface area contributed by atoms with E-state index in [4.69, 9.17) is 9.47 Å². The van der Waals surface area contributed by atoms with Gasteiger partial charge in [-0.25, -0.2) is 8.78 Å². The minimum atomic E-state index is -2.45. The van der Waals surface area contributed by atoms with Gasteiger partial charge in [0.25, 0.3) is 0 Å². The van der Waals surface area contributed by atoms with Crippen molar-refractivity contribution in [3.8, 4) is 11.5 Å². The molecule has 4 unspecified atom stereocenters. The van der Waals surface area contributed by atoms with Gasteiger partial charge in [-0.05, 0) is 36.8 Å². The number of piperidine rings is 1. The first-order chi connectivity index (χ1) is 16.5. The molecule has 2 saturated heterocycles. The second-order valence-electron chi connectivity index (χ2n) is 9.72. The molecule has 34 heavy (non-hydrogen) atoms. The molecule has 5 rings (SSSR count). The van der Waals surface area contributed by atoms with Crippen LogP contribution in [0.4, 0.5) is 8.78 Å². The largest absolute Gasteiger partial charge is 0.493 e. The Morgan fingerprint density at radius 1 is 1.24 bits per heavy atom. The van der Waals surface area contributed by atoms with Crippen molar-refractivity contribution in [2.45, 2.75) is 49.5 Å². The predicted molar refractivity (Wildman–Crippen MR) is 126 cm³/mol. The highest BCUT2D eigenvalue weighted by molar-refractivity contribution is 5.82. The van der Waals surface area contributed by atoms with E-state index < -0.39 is 17.9 Å². The van der Waals surface area contributed by atoms with Crippen LogP contribution in [0.1, 0.15) is 42.7 Å². The molecule has 1 amide bonds. The summed E-state index contributed by atoms with van der Waals surface area (Å²) in [6.07, 6.45) is -0.665. The Morgan fingerprint density at radius 3 is 2.82 bits per heavy atom. The molecule has 2 aromatic rings. The maximum Gasteiger partial charge on any atom is 0.240 e. The fourth-order valence-corrected chi connectivity index (χ4v) is 6.31. The topological polar surface area (TPSA) is 50.8 Å².